The van der Waals surface area contributed by atoms with Crippen LogP contribution < -0.4 is 9.62 Å². The van der Waals surface area contributed by atoms with E-state index in [1.807, 2.05) is 4.90 Å². The number of sulfonamides is 1. The Balaban J connectivity index is 1.60. The molecular formula is C22H30F3N3O3S. The van der Waals surface area contributed by atoms with E-state index in [0.717, 1.165) is 38.0 Å². The average molecular weight is 474 g/mol. The lowest BCUT2D eigenvalue weighted by Gasteiger charge is -2.42. The molecule has 178 valence electrons. The molecular weight excluding hydrogens is 443 g/mol. The molecule has 2 saturated heterocycles. The van der Waals surface area contributed by atoms with Gasteiger partial charge in [-0.1, -0.05) is 19.3 Å². The van der Waals surface area contributed by atoms with Crippen LogP contribution in [0.15, 0.2) is 18.2 Å². The first-order valence-corrected chi connectivity index (χ1v) is 13.1. The van der Waals surface area contributed by atoms with E-state index in [0.29, 0.717) is 32.4 Å². The first-order chi connectivity index (χ1) is 15.0. The van der Waals surface area contributed by atoms with E-state index in [9.17, 15) is 26.4 Å². The number of carbonyl (C=O) groups excluding carboxylic acids is 1. The van der Waals surface area contributed by atoms with Crippen molar-refractivity contribution >= 4 is 27.3 Å². The van der Waals surface area contributed by atoms with Crippen LogP contribution in [0.4, 0.5) is 24.5 Å². The van der Waals surface area contributed by atoms with Gasteiger partial charge in [-0.3, -0.25) is 9.52 Å². The molecule has 1 saturated carbocycles. The summed E-state index contributed by atoms with van der Waals surface area (Å²) in [6.45, 7) is 1.37. The topological polar surface area (TPSA) is 69.7 Å². The summed E-state index contributed by atoms with van der Waals surface area (Å²) in [5.41, 5.74) is -1.66. The normalized spacial score (nSPS) is 25.6. The summed E-state index contributed by atoms with van der Waals surface area (Å²) in [6.07, 6.45) is 3.72. The Kier molecular flexibility index (Phi) is 6.11. The molecule has 1 atom stereocenters. The molecule has 0 radical (unpaired) electrons. The van der Waals surface area contributed by atoms with Gasteiger partial charge in [0.15, 0.2) is 0 Å². The highest BCUT2D eigenvalue weighted by Gasteiger charge is 2.51. The predicted molar refractivity (Wildman–Crippen MR) is 117 cm³/mol. The summed E-state index contributed by atoms with van der Waals surface area (Å²) >= 11 is 0. The molecule has 3 fully saturated rings. The van der Waals surface area contributed by atoms with Gasteiger partial charge in [-0.25, -0.2) is 8.42 Å². The number of nitrogens with zero attached hydrogens (tertiary/aromatic N) is 2. The first-order valence-electron chi connectivity index (χ1n) is 11.2. The zero-order valence-electron chi connectivity index (χ0n) is 18.2. The summed E-state index contributed by atoms with van der Waals surface area (Å²) in [7, 11) is -3.70. The maximum atomic E-state index is 13.9. The minimum Gasteiger partial charge on any atom is -0.370 e. The van der Waals surface area contributed by atoms with E-state index < -0.39 is 27.2 Å². The summed E-state index contributed by atoms with van der Waals surface area (Å²) in [6, 6.07) is 3.76. The maximum absolute atomic E-state index is 13.9. The smallest absolute Gasteiger partial charge is 0.370 e. The molecule has 32 heavy (non-hydrogen) atoms. The van der Waals surface area contributed by atoms with Gasteiger partial charge in [-0.15, -0.1) is 0 Å². The molecule has 1 aromatic carbocycles. The highest BCUT2D eigenvalue weighted by atomic mass is 32.2. The number of amides is 1. The molecule has 0 aromatic heterocycles. The van der Waals surface area contributed by atoms with Crippen LogP contribution in [0.5, 0.6) is 0 Å². The second-order valence-electron chi connectivity index (χ2n) is 9.45. The van der Waals surface area contributed by atoms with Crippen molar-refractivity contribution in [1.29, 1.82) is 0 Å². The molecule has 1 amide bonds. The Labute approximate surface area is 187 Å². The Morgan fingerprint density at radius 1 is 1.06 bits per heavy atom. The predicted octanol–water partition coefficient (Wildman–Crippen LogP) is 4.23. The highest BCUT2D eigenvalue weighted by molar-refractivity contribution is 7.92. The second kappa shape index (κ2) is 8.43. The fourth-order valence-corrected chi connectivity index (χ4v) is 6.18. The molecule has 2 aliphatic heterocycles. The van der Waals surface area contributed by atoms with Crippen LogP contribution in [-0.2, 0) is 21.0 Å². The number of hydrogen-bond donors (Lipinski definition) is 1. The highest BCUT2D eigenvalue weighted by Crippen LogP contribution is 2.46. The van der Waals surface area contributed by atoms with Crippen molar-refractivity contribution in [3.63, 3.8) is 0 Å². The number of nitrogens with one attached hydrogen (secondary N) is 1. The minimum absolute atomic E-state index is 0.000424. The van der Waals surface area contributed by atoms with Crippen LogP contribution in [0.2, 0.25) is 0 Å². The first kappa shape index (κ1) is 23.2. The van der Waals surface area contributed by atoms with Gasteiger partial charge in [-0.05, 0) is 50.3 Å². The summed E-state index contributed by atoms with van der Waals surface area (Å²) in [4.78, 5) is 17.1. The van der Waals surface area contributed by atoms with Crippen molar-refractivity contribution in [3.8, 4) is 0 Å². The van der Waals surface area contributed by atoms with E-state index in [1.54, 1.807) is 4.90 Å². The Hall–Kier alpha value is -1.97. The molecule has 1 aliphatic carbocycles. The van der Waals surface area contributed by atoms with Crippen LogP contribution in [-0.4, -0.2) is 51.2 Å². The number of likely N-dealkylation sites (tertiary alicyclic amines) is 1. The number of piperidine rings is 1. The molecule has 1 aromatic rings. The largest absolute Gasteiger partial charge is 0.418 e. The minimum atomic E-state index is -4.65. The van der Waals surface area contributed by atoms with E-state index in [4.69, 9.17) is 0 Å². The van der Waals surface area contributed by atoms with Crippen LogP contribution >= 0.6 is 0 Å². The fourth-order valence-electron chi connectivity index (χ4n) is 5.62. The number of hydrogen-bond acceptors (Lipinski definition) is 4. The number of rotatable bonds is 4. The fraction of sp³-hybridized carbons (Fsp3) is 0.682. The Morgan fingerprint density at radius 3 is 2.44 bits per heavy atom. The van der Waals surface area contributed by atoms with E-state index in [-0.39, 0.29) is 29.9 Å². The molecule has 4 rings (SSSR count). The van der Waals surface area contributed by atoms with Gasteiger partial charge >= 0.3 is 6.18 Å². The average Bonchev–Trinajstić information content (AvgIpc) is 3.02. The zero-order chi connectivity index (χ0) is 23.1. The van der Waals surface area contributed by atoms with Crippen molar-refractivity contribution < 1.29 is 26.4 Å². The molecule has 10 heteroatoms. The lowest BCUT2D eigenvalue weighted by atomic mass is 9.78. The molecule has 1 spiro atoms. The molecule has 3 aliphatic rings. The van der Waals surface area contributed by atoms with Gasteiger partial charge < -0.3 is 9.80 Å². The van der Waals surface area contributed by atoms with E-state index >= 15 is 0 Å². The summed E-state index contributed by atoms with van der Waals surface area (Å²) < 4.78 is 66.7. The maximum Gasteiger partial charge on any atom is 0.418 e. The van der Waals surface area contributed by atoms with Crippen molar-refractivity contribution in [2.24, 2.45) is 5.41 Å². The molecule has 0 bridgehead atoms. The van der Waals surface area contributed by atoms with Crippen molar-refractivity contribution in [2.45, 2.75) is 63.6 Å². The lowest BCUT2D eigenvalue weighted by molar-refractivity contribution is -0.139. The third kappa shape index (κ3) is 4.70. The number of alkyl halides is 3. The molecule has 2 heterocycles. The Bertz CT molecular complexity index is 976. The Morgan fingerprint density at radius 2 is 1.78 bits per heavy atom. The van der Waals surface area contributed by atoms with Crippen molar-refractivity contribution in [1.82, 2.24) is 4.90 Å². The van der Waals surface area contributed by atoms with Crippen molar-refractivity contribution in [2.75, 3.05) is 35.5 Å². The van der Waals surface area contributed by atoms with E-state index in [2.05, 4.69) is 4.72 Å². The van der Waals surface area contributed by atoms with Crippen LogP contribution in [0.25, 0.3) is 0 Å². The standard InChI is InChI=1S/C22H30F3N3O3S/c1-32(30,31)26-16-8-9-19(18(14-16)22(23,24)25)27-12-5-10-21(15-27)11-13-28(20(21)29)17-6-3-2-4-7-17/h8-9,14,17,26H,2-7,10-13,15H2,1H3/t21-/m0/s1. The van der Waals surface area contributed by atoms with Crippen molar-refractivity contribution in [3.05, 3.63) is 23.8 Å². The summed E-state index contributed by atoms with van der Waals surface area (Å²) in [5.74, 6) is 0.0954. The number of carbonyl (C=O) groups is 1. The monoisotopic (exact) mass is 473 g/mol. The number of anilines is 2. The molecule has 1 N–H and O–H groups in total. The second-order valence-corrected chi connectivity index (χ2v) is 11.2. The number of halogens is 3. The quantitative estimate of drug-likeness (QED) is 0.711. The van der Waals surface area contributed by atoms with Crippen LogP contribution in [0, 0.1) is 5.41 Å². The zero-order valence-corrected chi connectivity index (χ0v) is 19.1. The third-order valence-corrected chi connectivity index (χ3v) is 7.69. The molecule has 6 nitrogen and oxygen atoms in total. The van der Waals surface area contributed by atoms with Crippen LogP contribution in [0.1, 0.15) is 56.9 Å². The lowest BCUT2D eigenvalue weighted by Crippen LogP contribution is -2.50. The third-order valence-electron chi connectivity index (χ3n) is 7.08. The number of benzene rings is 1. The van der Waals surface area contributed by atoms with Gasteiger partial charge in [0.2, 0.25) is 15.9 Å². The van der Waals surface area contributed by atoms with E-state index in [1.165, 1.54) is 18.6 Å². The van der Waals surface area contributed by atoms with Crippen LogP contribution in [0.3, 0.4) is 0 Å². The SMILES string of the molecule is CS(=O)(=O)Nc1ccc(N2CCC[C@]3(CCN(C4CCCCC4)C3=O)C2)c(C(F)(F)F)c1. The summed E-state index contributed by atoms with van der Waals surface area (Å²) in [5, 5.41) is 0. The van der Waals surface area contributed by atoms with Gasteiger partial charge in [0.1, 0.15) is 0 Å². The molecule has 0 unspecified atom stereocenters. The van der Waals surface area contributed by atoms with Gasteiger partial charge in [0.05, 0.1) is 17.2 Å². The van der Waals surface area contributed by atoms with Gasteiger partial charge in [0.25, 0.3) is 0 Å². The van der Waals surface area contributed by atoms with Gasteiger partial charge in [0, 0.05) is 37.1 Å². The van der Waals surface area contributed by atoms with Gasteiger partial charge in [-0.2, -0.15) is 13.2 Å².